The number of aliphatic hydroxyl groups is 1. The van der Waals surface area contributed by atoms with E-state index in [1.165, 1.54) is 13.0 Å². The zero-order chi connectivity index (χ0) is 27.4. The smallest absolute Gasteiger partial charge is 0.342 e. The molecule has 0 aromatic rings. The zero-order valence-corrected chi connectivity index (χ0v) is 21.2. The van der Waals surface area contributed by atoms with Crippen molar-refractivity contribution in [1.29, 1.82) is 0 Å². The molecule has 198 valence electrons. The summed E-state index contributed by atoms with van der Waals surface area (Å²) in [5.41, 5.74) is -1.74. The first kappa shape index (κ1) is 28.8. The van der Waals surface area contributed by atoms with Crippen molar-refractivity contribution in [2.45, 2.75) is 77.5 Å². The van der Waals surface area contributed by atoms with Gasteiger partial charge in [-0.05, 0) is 39.7 Å². The lowest BCUT2D eigenvalue weighted by Gasteiger charge is -2.36. The van der Waals surface area contributed by atoms with Gasteiger partial charge in [0, 0.05) is 19.4 Å². The molecule has 1 aliphatic heterocycles. The molecule has 1 aliphatic carbocycles. The van der Waals surface area contributed by atoms with Gasteiger partial charge in [0.25, 0.3) is 0 Å². The minimum absolute atomic E-state index is 0.0866. The molecule has 11 nitrogen and oxygen atoms in total. The summed E-state index contributed by atoms with van der Waals surface area (Å²) < 4.78 is 26.4. The molecule has 1 saturated heterocycles. The van der Waals surface area contributed by atoms with E-state index >= 15 is 0 Å². The van der Waals surface area contributed by atoms with Crippen molar-refractivity contribution in [3.05, 3.63) is 35.5 Å². The third-order valence-corrected chi connectivity index (χ3v) is 6.08. The van der Waals surface area contributed by atoms with Crippen molar-refractivity contribution < 1.29 is 52.8 Å². The maximum Gasteiger partial charge on any atom is 0.342 e. The van der Waals surface area contributed by atoms with Crippen LogP contribution in [0.15, 0.2) is 35.5 Å². The van der Waals surface area contributed by atoms with Crippen molar-refractivity contribution in [3.8, 4) is 0 Å². The Bertz CT molecular complexity index is 1000. The molecule has 11 heteroatoms. The quantitative estimate of drug-likeness (QED) is 0.240. The summed E-state index contributed by atoms with van der Waals surface area (Å²) in [5.74, 6) is -5.52. The number of carbonyl (C=O) groups excluding carboxylic acids is 5. The van der Waals surface area contributed by atoms with Gasteiger partial charge in [-0.2, -0.15) is 0 Å². The number of hydrogen-bond acceptors (Lipinski definition) is 11. The summed E-state index contributed by atoms with van der Waals surface area (Å²) in [6.07, 6.45) is -1.39. The molecule has 1 heterocycles. The number of allylic oxidation sites excluding steroid dienone is 2. The zero-order valence-electron chi connectivity index (χ0n) is 21.2. The molecule has 0 radical (unpaired) electrons. The molecule has 0 bridgehead atoms. The first-order chi connectivity index (χ1) is 16.7. The van der Waals surface area contributed by atoms with Gasteiger partial charge < -0.3 is 28.8 Å². The summed E-state index contributed by atoms with van der Waals surface area (Å²) >= 11 is 0. The third-order valence-electron chi connectivity index (χ3n) is 6.08. The van der Waals surface area contributed by atoms with Crippen LogP contribution in [0.5, 0.6) is 0 Å². The first-order valence-corrected chi connectivity index (χ1v) is 11.3. The molecule has 1 fully saturated rings. The molecule has 1 N–H and O–H groups in total. The standard InChI is InChI=1S/C25H32O11/c1-12-9-8-10-17(23(29)32-7)20(34-16(5)27)21(19-13(2)22(28)35-18(19)11-12)36-24(30)25(6,31)14(3)33-15(4)26/h10-11,14,18-21,31H,2,8-9H2,1,3-7H3/b12-11-,17-10+/t14-,18+,19+,20-,21+,25+/m0/s1. The molecule has 36 heavy (non-hydrogen) atoms. The highest BCUT2D eigenvalue weighted by Gasteiger charge is 2.52. The van der Waals surface area contributed by atoms with E-state index in [9.17, 15) is 29.1 Å². The lowest BCUT2D eigenvalue weighted by atomic mass is 9.83. The first-order valence-electron chi connectivity index (χ1n) is 11.3. The lowest BCUT2D eigenvalue weighted by Crippen LogP contribution is -2.53. The minimum Gasteiger partial charge on any atom is -0.466 e. The van der Waals surface area contributed by atoms with Gasteiger partial charge in [0.2, 0.25) is 0 Å². The van der Waals surface area contributed by atoms with Crippen molar-refractivity contribution in [2.75, 3.05) is 7.11 Å². The van der Waals surface area contributed by atoms with Crippen LogP contribution in [-0.4, -0.2) is 72.1 Å². The Hall–Kier alpha value is -3.47. The van der Waals surface area contributed by atoms with Gasteiger partial charge in [-0.25, -0.2) is 14.4 Å². The van der Waals surface area contributed by atoms with Crippen LogP contribution in [0.3, 0.4) is 0 Å². The van der Waals surface area contributed by atoms with Gasteiger partial charge >= 0.3 is 29.8 Å². The number of hydrogen-bond donors (Lipinski definition) is 1. The number of methoxy groups -OCH3 is 1. The van der Waals surface area contributed by atoms with E-state index in [4.69, 9.17) is 23.7 Å². The molecular weight excluding hydrogens is 476 g/mol. The fourth-order valence-electron chi connectivity index (χ4n) is 3.96. The molecule has 2 rings (SSSR count). The molecular formula is C25H32O11. The SMILES string of the molecule is C=C1C(=O)O[C@@H]2/C=C(/C)CC/C=C(/C(=O)OC)[C@H](OC(C)=O)[C@H](OC(=O)[C@](C)(O)[C@H](C)OC(C)=O)[C@H]12. The van der Waals surface area contributed by atoms with Crippen LogP contribution in [0, 0.1) is 5.92 Å². The Balaban J connectivity index is 2.68. The molecule has 0 aromatic carbocycles. The highest BCUT2D eigenvalue weighted by Crippen LogP contribution is 2.38. The van der Waals surface area contributed by atoms with Crippen LogP contribution in [0.25, 0.3) is 0 Å². The highest BCUT2D eigenvalue weighted by molar-refractivity contribution is 5.93. The maximum atomic E-state index is 13.2. The number of ether oxygens (including phenoxy) is 5. The van der Waals surface area contributed by atoms with Crippen LogP contribution >= 0.6 is 0 Å². The lowest BCUT2D eigenvalue weighted by molar-refractivity contribution is -0.196. The maximum absolute atomic E-state index is 13.2. The van der Waals surface area contributed by atoms with E-state index in [2.05, 4.69) is 6.58 Å². The molecule has 0 saturated carbocycles. The summed E-state index contributed by atoms with van der Waals surface area (Å²) in [5, 5.41) is 10.8. The minimum atomic E-state index is -2.34. The Morgan fingerprint density at radius 3 is 2.39 bits per heavy atom. The molecule has 6 atom stereocenters. The summed E-state index contributed by atoms with van der Waals surface area (Å²) in [6.45, 7) is 10.1. The summed E-state index contributed by atoms with van der Waals surface area (Å²) in [6, 6.07) is 0. The topological polar surface area (TPSA) is 152 Å². The van der Waals surface area contributed by atoms with E-state index in [1.54, 1.807) is 13.0 Å². The van der Waals surface area contributed by atoms with Crippen molar-refractivity contribution in [1.82, 2.24) is 0 Å². The predicted octanol–water partition coefficient (Wildman–Crippen LogP) is 1.47. The Morgan fingerprint density at radius 2 is 1.83 bits per heavy atom. The van der Waals surface area contributed by atoms with Gasteiger partial charge in [-0.1, -0.05) is 18.2 Å². The normalized spacial score (nSPS) is 29.5. The number of fused-ring (bicyclic) bond motifs is 1. The van der Waals surface area contributed by atoms with Gasteiger partial charge in [0.1, 0.15) is 12.2 Å². The molecule has 0 aromatic heterocycles. The predicted molar refractivity (Wildman–Crippen MR) is 123 cm³/mol. The fraction of sp³-hybridized carbons (Fsp3) is 0.560. The largest absolute Gasteiger partial charge is 0.466 e. The average molecular weight is 509 g/mol. The number of rotatable bonds is 6. The van der Waals surface area contributed by atoms with Crippen LogP contribution in [0.1, 0.15) is 47.5 Å². The fourth-order valence-corrected chi connectivity index (χ4v) is 3.96. The van der Waals surface area contributed by atoms with E-state index in [-0.39, 0.29) is 11.1 Å². The van der Waals surface area contributed by atoms with Crippen LogP contribution < -0.4 is 0 Å². The van der Waals surface area contributed by atoms with Crippen LogP contribution in [-0.2, 0) is 47.7 Å². The third kappa shape index (κ3) is 6.39. The molecule has 2 aliphatic rings. The second kappa shape index (κ2) is 11.5. The van der Waals surface area contributed by atoms with Crippen molar-refractivity contribution in [2.24, 2.45) is 5.92 Å². The van der Waals surface area contributed by atoms with E-state index in [0.29, 0.717) is 12.8 Å². The van der Waals surface area contributed by atoms with Crippen LogP contribution in [0.4, 0.5) is 0 Å². The summed E-state index contributed by atoms with van der Waals surface area (Å²) in [4.78, 5) is 61.9. The van der Waals surface area contributed by atoms with Crippen LogP contribution in [0.2, 0.25) is 0 Å². The van der Waals surface area contributed by atoms with Gasteiger partial charge in [0.05, 0.1) is 18.6 Å². The highest BCUT2D eigenvalue weighted by atomic mass is 16.6. The Labute approximate surface area is 209 Å². The molecule has 0 unspecified atom stereocenters. The van der Waals surface area contributed by atoms with Crippen molar-refractivity contribution >= 4 is 29.8 Å². The molecule has 0 spiro atoms. The Kier molecular flexibility index (Phi) is 9.20. The van der Waals surface area contributed by atoms with Gasteiger partial charge in [-0.3, -0.25) is 9.59 Å². The monoisotopic (exact) mass is 508 g/mol. The van der Waals surface area contributed by atoms with Gasteiger partial charge in [-0.15, -0.1) is 0 Å². The van der Waals surface area contributed by atoms with Gasteiger partial charge in [0.15, 0.2) is 17.8 Å². The summed E-state index contributed by atoms with van der Waals surface area (Å²) in [7, 11) is 1.13. The van der Waals surface area contributed by atoms with E-state index < -0.39 is 65.8 Å². The van der Waals surface area contributed by atoms with E-state index in [0.717, 1.165) is 33.5 Å². The van der Waals surface area contributed by atoms with E-state index in [1.807, 2.05) is 0 Å². The number of carbonyl (C=O) groups is 5. The second-order valence-corrected chi connectivity index (χ2v) is 8.92. The number of esters is 5. The molecule has 0 amide bonds. The Morgan fingerprint density at radius 1 is 1.19 bits per heavy atom. The van der Waals surface area contributed by atoms with Crippen molar-refractivity contribution in [3.63, 3.8) is 0 Å². The average Bonchev–Trinajstić information content (AvgIpc) is 3.04. The second-order valence-electron chi connectivity index (χ2n) is 8.92.